The highest BCUT2D eigenvalue weighted by Crippen LogP contribution is 2.11. The molecule has 0 radical (unpaired) electrons. The predicted octanol–water partition coefficient (Wildman–Crippen LogP) is 0.942. The van der Waals surface area contributed by atoms with Crippen molar-refractivity contribution in [2.24, 2.45) is 0 Å². The summed E-state index contributed by atoms with van der Waals surface area (Å²) in [6, 6.07) is -4.48. The molecule has 68 valence electrons. The molecule has 0 saturated heterocycles. The number of hydrogen-bond acceptors (Lipinski definition) is 0. The second-order valence-electron chi connectivity index (χ2n) is 2.57. The van der Waals surface area contributed by atoms with Crippen molar-refractivity contribution in [1.82, 2.24) is 0 Å². The molecule has 1 aliphatic heterocycles. The minimum absolute atomic E-state index is 0.408. The zero-order valence-electron chi connectivity index (χ0n) is 18.9. The lowest BCUT2D eigenvalue weighted by Gasteiger charge is -2.08. The Bertz CT molecular complexity index is 904. The molecule has 0 unspecified atom stereocenters. The average molecular weight is 196 g/mol. The highest BCUT2D eigenvalue weighted by Gasteiger charge is 2.27. The van der Waals surface area contributed by atoms with E-state index in [-0.39, 0.29) is 0 Å². The van der Waals surface area contributed by atoms with Crippen LogP contribution in [0.1, 0.15) is 16.4 Å². The molecule has 2 nitrogen and oxygen atoms in total. The molecule has 1 aliphatic rings. The Balaban J connectivity index is 2.71. The molecule has 0 bridgehead atoms. The number of rotatable bonds is 0. The fraction of sp³-hybridized carbons (Fsp3) is 0.167. The lowest BCUT2D eigenvalue weighted by Crippen LogP contribution is -2.52. The minimum atomic E-state index is -3.06. The Kier molecular flexibility index (Phi) is 0.472. The van der Waals surface area contributed by atoms with Gasteiger partial charge in [0.1, 0.15) is 8.22 Å². The molecule has 0 aliphatic carbocycles. The van der Waals surface area contributed by atoms with Crippen LogP contribution < -0.4 is 9.13 Å². The standard InChI is InChI=1S/C12H12N2/c1-3-7-13-9-10-14-8-4-2-6-12(14)11(13)5-1/h1-8H,9-10H2/q+2/i1D,2D,3D,4D,5D,6D,7D,8D,9D2,10D2. The van der Waals surface area contributed by atoms with Crippen molar-refractivity contribution in [2.45, 2.75) is 13.0 Å². The first-order valence-electron chi connectivity index (χ1n) is 9.84. The Labute approximate surface area is 99.9 Å². The van der Waals surface area contributed by atoms with E-state index in [1.54, 1.807) is 0 Å². The summed E-state index contributed by atoms with van der Waals surface area (Å²) in [7, 11) is 0. The predicted molar refractivity (Wildman–Crippen MR) is 52.3 cm³/mol. The quantitative estimate of drug-likeness (QED) is 0.554. The number of fused-ring (bicyclic) bond motifs is 3. The molecule has 0 atom stereocenters. The zero-order chi connectivity index (χ0) is 19.9. The SMILES string of the molecule is [2H]c1c([2H])c([2H])[n+]2c(c1[2H])-c1c([2H])c([2H])c([2H])c([2H])[n+]1C([2H])([2H])C2([2H])[2H]. The summed E-state index contributed by atoms with van der Waals surface area (Å²) < 4.78 is 96.6. The second-order valence-corrected chi connectivity index (χ2v) is 2.57. The summed E-state index contributed by atoms with van der Waals surface area (Å²) in [6.07, 6.45) is -1.73. The molecule has 0 fully saturated rings. The third-order valence-corrected chi connectivity index (χ3v) is 1.77. The van der Waals surface area contributed by atoms with Crippen molar-refractivity contribution < 1.29 is 25.6 Å². The van der Waals surface area contributed by atoms with Gasteiger partial charge in [-0.25, -0.2) is 0 Å². The van der Waals surface area contributed by atoms with E-state index in [1.165, 1.54) is 0 Å². The molecular weight excluding hydrogens is 172 g/mol. The van der Waals surface area contributed by atoms with Crippen LogP contribution in [0.25, 0.3) is 11.4 Å². The van der Waals surface area contributed by atoms with E-state index in [0.29, 0.717) is 9.13 Å². The van der Waals surface area contributed by atoms with E-state index < -0.39 is 73.0 Å². The summed E-state index contributed by atoms with van der Waals surface area (Å²) in [4.78, 5) is 0. The van der Waals surface area contributed by atoms with Gasteiger partial charge >= 0.3 is 0 Å². The Morgan fingerprint density at radius 3 is 1.93 bits per heavy atom. The van der Waals surface area contributed by atoms with Crippen LogP contribution in [-0.4, -0.2) is 0 Å². The summed E-state index contributed by atoms with van der Waals surface area (Å²) in [5, 5.41) is 0. The van der Waals surface area contributed by atoms with E-state index in [0.717, 1.165) is 0 Å². The van der Waals surface area contributed by atoms with Crippen molar-refractivity contribution in [3.05, 3.63) is 48.6 Å². The second kappa shape index (κ2) is 2.91. The zero-order valence-corrected chi connectivity index (χ0v) is 6.89. The number of pyridine rings is 2. The van der Waals surface area contributed by atoms with Crippen molar-refractivity contribution in [3.8, 4) is 11.4 Å². The molecule has 2 heteroatoms. The maximum Gasteiger partial charge on any atom is 0.277 e. The Morgan fingerprint density at radius 2 is 1.43 bits per heavy atom. The molecule has 0 N–H and O–H groups in total. The van der Waals surface area contributed by atoms with Gasteiger partial charge in [-0.3, -0.25) is 0 Å². The van der Waals surface area contributed by atoms with Gasteiger partial charge in [0.15, 0.2) is 12.3 Å². The van der Waals surface area contributed by atoms with Gasteiger partial charge in [-0.15, -0.1) is 0 Å². The molecule has 0 amide bonds. The van der Waals surface area contributed by atoms with Gasteiger partial charge in [0.25, 0.3) is 11.4 Å². The first-order chi connectivity index (χ1) is 11.8. The number of hydrogen-bond donors (Lipinski definition) is 0. The van der Waals surface area contributed by atoms with Gasteiger partial charge in [-0.2, -0.15) is 9.13 Å². The third-order valence-electron chi connectivity index (χ3n) is 1.77. The van der Waals surface area contributed by atoms with Crippen LogP contribution in [0.5, 0.6) is 0 Å². The van der Waals surface area contributed by atoms with E-state index in [4.69, 9.17) is 16.4 Å². The van der Waals surface area contributed by atoms with Crippen LogP contribution >= 0.6 is 0 Å². The van der Waals surface area contributed by atoms with Crippen LogP contribution in [0, 0.1) is 0 Å². The van der Waals surface area contributed by atoms with Crippen LogP contribution in [0.2, 0.25) is 0 Å². The molecule has 0 aromatic carbocycles. The molecule has 3 rings (SSSR count). The minimum Gasteiger partial charge on any atom is -0.187 e. The van der Waals surface area contributed by atoms with Crippen molar-refractivity contribution >= 4 is 0 Å². The molecule has 0 spiro atoms. The molecule has 14 heavy (non-hydrogen) atoms. The van der Waals surface area contributed by atoms with E-state index in [9.17, 15) is 0 Å². The summed E-state index contributed by atoms with van der Waals surface area (Å²) in [5.74, 6) is 0. The van der Waals surface area contributed by atoms with E-state index >= 15 is 0 Å². The molecule has 0 saturated carbocycles. The average Bonchev–Trinajstić information content (AvgIpc) is 2.56. The van der Waals surface area contributed by atoms with Gasteiger partial charge in [-0.1, -0.05) is 0 Å². The highest BCUT2D eigenvalue weighted by atomic mass is 15.1. The summed E-state index contributed by atoms with van der Waals surface area (Å²) >= 11 is 0. The van der Waals surface area contributed by atoms with Crippen molar-refractivity contribution in [2.75, 3.05) is 0 Å². The molecular formula is C12H12N2+2. The summed E-state index contributed by atoms with van der Waals surface area (Å²) in [6.45, 7) is -6.12. The summed E-state index contributed by atoms with van der Waals surface area (Å²) in [5.41, 5.74) is -1.11. The van der Waals surface area contributed by atoms with Gasteiger partial charge in [0.05, 0.1) is 8.22 Å². The largest absolute Gasteiger partial charge is 0.277 e. The van der Waals surface area contributed by atoms with Crippen LogP contribution in [0.3, 0.4) is 0 Å². The number of nitrogens with zero attached hydrogens (tertiary/aromatic N) is 2. The van der Waals surface area contributed by atoms with E-state index in [1.807, 2.05) is 0 Å². The van der Waals surface area contributed by atoms with Gasteiger partial charge in [0, 0.05) is 24.2 Å². The number of aromatic nitrogens is 2. The molecule has 2 aromatic heterocycles. The molecule has 3 heterocycles. The van der Waals surface area contributed by atoms with Crippen molar-refractivity contribution in [1.29, 1.82) is 0 Å². The smallest absolute Gasteiger partial charge is 0.187 e. The highest BCUT2D eigenvalue weighted by molar-refractivity contribution is 5.46. The Morgan fingerprint density at radius 1 is 0.929 bits per heavy atom. The van der Waals surface area contributed by atoms with Crippen molar-refractivity contribution in [3.63, 3.8) is 0 Å². The van der Waals surface area contributed by atoms with Crippen LogP contribution in [-0.2, 0) is 13.0 Å². The van der Waals surface area contributed by atoms with Crippen LogP contribution in [0.15, 0.2) is 48.6 Å². The van der Waals surface area contributed by atoms with Gasteiger partial charge in [0.2, 0.25) is 13.0 Å². The maximum atomic E-state index is 8.17. The third kappa shape index (κ3) is 1.04. The normalized spacial score (nSPS) is 32.6. The molecule has 2 aromatic rings. The van der Waals surface area contributed by atoms with Crippen LogP contribution in [0.4, 0.5) is 0 Å². The maximum absolute atomic E-state index is 8.17. The fourth-order valence-electron chi connectivity index (χ4n) is 1.17. The monoisotopic (exact) mass is 196 g/mol. The van der Waals surface area contributed by atoms with E-state index in [2.05, 4.69) is 0 Å². The topological polar surface area (TPSA) is 7.76 Å². The lowest BCUT2D eigenvalue weighted by atomic mass is 10.2. The first-order valence-corrected chi connectivity index (χ1v) is 3.84. The van der Waals surface area contributed by atoms with Gasteiger partial charge in [-0.05, 0) is 12.1 Å². The first kappa shape index (κ1) is 2.27. The Hall–Kier alpha value is -1.70. The van der Waals surface area contributed by atoms with Gasteiger partial charge < -0.3 is 0 Å². The lowest BCUT2D eigenvalue weighted by molar-refractivity contribution is -0.794. The fourth-order valence-corrected chi connectivity index (χ4v) is 1.17.